The molecule has 0 unspecified atom stereocenters. The van der Waals surface area contributed by atoms with Gasteiger partial charge in [-0.25, -0.2) is 9.59 Å². The number of hydrogen-bond donors (Lipinski definition) is 1. The zero-order chi connectivity index (χ0) is 23.6. The summed E-state index contributed by atoms with van der Waals surface area (Å²) in [6, 6.07) is 16.4. The third-order valence-electron chi connectivity index (χ3n) is 5.26. The molecular weight excluding hydrogens is 422 g/mol. The predicted molar refractivity (Wildman–Crippen MR) is 123 cm³/mol. The molecule has 1 N–H and O–H groups in total. The molecule has 0 bridgehead atoms. The van der Waals surface area contributed by atoms with Gasteiger partial charge in [-0.2, -0.15) is 5.10 Å². The Kier molecular flexibility index (Phi) is 6.09. The Hall–Kier alpha value is -3.81. The van der Waals surface area contributed by atoms with Crippen LogP contribution in [0.3, 0.4) is 0 Å². The first-order valence-electron chi connectivity index (χ1n) is 10.8. The summed E-state index contributed by atoms with van der Waals surface area (Å²) in [7, 11) is 0. The molecule has 1 atom stereocenters. The summed E-state index contributed by atoms with van der Waals surface area (Å²) in [6.07, 6.45) is 1.84. The molecule has 0 saturated carbocycles. The van der Waals surface area contributed by atoms with Crippen molar-refractivity contribution in [1.29, 1.82) is 0 Å². The number of aromatic nitrogens is 2. The first-order valence-corrected chi connectivity index (χ1v) is 10.8. The Labute approximate surface area is 192 Å². The van der Waals surface area contributed by atoms with E-state index >= 15 is 0 Å². The largest absolute Gasteiger partial charge is 0.478 e. The standard InChI is InChI=1S/C25H27N3O5/c1-25(2,3)33-24(31)27-14-13-18(15-27)28-16-21(23(29)30)22(26-28)17-9-11-20(12-10-17)32-19-7-5-4-6-8-19/h4-12,16,18H,13-15H2,1-3H3,(H,29,30)/t18-/m1/s1. The van der Waals surface area contributed by atoms with Gasteiger partial charge in [0.25, 0.3) is 0 Å². The van der Waals surface area contributed by atoms with Crippen LogP contribution < -0.4 is 4.74 Å². The summed E-state index contributed by atoms with van der Waals surface area (Å²) >= 11 is 0. The lowest BCUT2D eigenvalue weighted by molar-refractivity contribution is 0.0288. The first kappa shape index (κ1) is 22.4. The van der Waals surface area contributed by atoms with Crippen LogP contribution in [-0.2, 0) is 4.74 Å². The number of nitrogens with zero attached hydrogens (tertiary/aromatic N) is 3. The molecule has 1 aromatic heterocycles. The lowest BCUT2D eigenvalue weighted by Gasteiger charge is -2.24. The average molecular weight is 450 g/mol. The van der Waals surface area contributed by atoms with Crippen LogP contribution in [0, 0.1) is 0 Å². The van der Waals surface area contributed by atoms with Gasteiger partial charge in [-0.05, 0) is 63.6 Å². The number of carbonyl (C=O) groups is 2. The molecule has 0 radical (unpaired) electrons. The van der Waals surface area contributed by atoms with Gasteiger partial charge in [0.1, 0.15) is 28.4 Å². The molecule has 1 fully saturated rings. The van der Waals surface area contributed by atoms with Crippen LogP contribution >= 0.6 is 0 Å². The summed E-state index contributed by atoms with van der Waals surface area (Å²) in [6.45, 7) is 6.43. The van der Waals surface area contributed by atoms with E-state index in [1.165, 1.54) is 6.20 Å². The van der Waals surface area contributed by atoms with Crippen molar-refractivity contribution in [2.45, 2.75) is 38.8 Å². The summed E-state index contributed by atoms with van der Waals surface area (Å²) in [5, 5.41) is 14.3. The van der Waals surface area contributed by atoms with Gasteiger partial charge in [0.2, 0.25) is 0 Å². The van der Waals surface area contributed by atoms with Gasteiger partial charge in [0.15, 0.2) is 0 Å². The number of para-hydroxylation sites is 1. The number of benzene rings is 2. The van der Waals surface area contributed by atoms with Crippen LogP contribution in [-0.4, -0.2) is 50.5 Å². The third-order valence-corrected chi connectivity index (χ3v) is 5.26. The Bertz CT molecular complexity index is 1130. The van der Waals surface area contributed by atoms with Gasteiger partial charge in [-0.15, -0.1) is 0 Å². The topological polar surface area (TPSA) is 93.9 Å². The van der Waals surface area contributed by atoms with E-state index in [-0.39, 0.29) is 17.7 Å². The van der Waals surface area contributed by atoms with E-state index < -0.39 is 11.6 Å². The highest BCUT2D eigenvalue weighted by molar-refractivity contribution is 5.94. The Morgan fingerprint density at radius 1 is 1.03 bits per heavy atom. The van der Waals surface area contributed by atoms with E-state index in [1.807, 2.05) is 51.1 Å². The molecule has 172 valence electrons. The summed E-state index contributed by atoms with van der Waals surface area (Å²) in [4.78, 5) is 25.9. The molecule has 0 spiro atoms. The maximum atomic E-state index is 12.4. The van der Waals surface area contributed by atoms with Gasteiger partial charge >= 0.3 is 12.1 Å². The van der Waals surface area contributed by atoms with E-state index in [9.17, 15) is 14.7 Å². The van der Waals surface area contributed by atoms with Crippen LogP contribution in [0.1, 0.15) is 43.6 Å². The second kappa shape index (κ2) is 8.97. The minimum atomic E-state index is -1.05. The first-order chi connectivity index (χ1) is 15.7. The monoisotopic (exact) mass is 449 g/mol. The molecule has 2 aromatic carbocycles. The van der Waals surface area contributed by atoms with Crippen LogP contribution in [0.2, 0.25) is 0 Å². The van der Waals surface area contributed by atoms with Crippen molar-refractivity contribution in [3.63, 3.8) is 0 Å². The second-order valence-corrected chi connectivity index (χ2v) is 8.98. The SMILES string of the molecule is CC(C)(C)OC(=O)N1CC[C@@H](n2cc(C(=O)O)c(-c3ccc(Oc4ccccc4)cc3)n2)C1. The molecule has 4 rings (SSSR count). The van der Waals surface area contributed by atoms with Gasteiger partial charge in [-0.3, -0.25) is 4.68 Å². The Balaban J connectivity index is 1.52. The summed E-state index contributed by atoms with van der Waals surface area (Å²) in [5.41, 5.74) is 0.599. The number of ether oxygens (including phenoxy) is 2. The third kappa shape index (κ3) is 5.34. The van der Waals surface area contributed by atoms with E-state index in [0.717, 1.165) is 5.75 Å². The maximum absolute atomic E-state index is 12.4. The molecule has 1 amide bonds. The van der Waals surface area contributed by atoms with Gasteiger partial charge in [-0.1, -0.05) is 18.2 Å². The molecular formula is C25H27N3O5. The lowest BCUT2D eigenvalue weighted by Crippen LogP contribution is -2.35. The van der Waals surface area contributed by atoms with Crippen molar-refractivity contribution in [2.24, 2.45) is 0 Å². The highest BCUT2D eigenvalue weighted by Crippen LogP contribution is 2.30. The number of aromatic carboxylic acids is 1. The Morgan fingerprint density at radius 3 is 2.33 bits per heavy atom. The van der Waals surface area contributed by atoms with Crippen LogP contribution in [0.25, 0.3) is 11.3 Å². The number of hydrogen-bond acceptors (Lipinski definition) is 5. The van der Waals surface area contributed by atoms with Crippen molar-refractivity contribution < 1.29 is 24.2 Å². The normalized spacial score (nSPS) is 16.0. The van der Waals surface area contributed by atoms with Crippen LogP contribution in [0.5, 0.6) is 11.5 Å². The van der Waals surface area contributed by atoms with E-state index in [0.29, 0.717) is 36.5 Å². The lowest BCUT2D eigenvalue weighted by atomic mass is 10.1. The summed E-state index contributed by atoms with van der Waals surface area (Å²) < 4.78 is 12.9. The molecule has 33 heavy (non-hydrogen) atoms. The fourth-order valence-corrected chi connectivity index (χ4v) is 3.70. The van der Waals surface area contributed by atoms with Gasteiger partial charge in [0.05, 0.1) is 6.04 Å². The number of rotatable bonds is 5. The number of carboxylic acid groups (broad SMARTS) is 1. The van der Waals surface area contributed by atoms with Crippen molar-refractivity contribution >= 4 is 12.1 Å². The average Bonchev–Trinajstić information content (AvgIpc) is 3.42. The maximum Gasteiger partial charge on any atom is 0.410 e. The quantitative estimate of drug-likeness (QED) is 0.574. The molecule has 1 saturated heterocycles. The number of carboxylic acids is 1. The second-order valence-electron chi connectivity index (χ2n) is 8.98. The summed E-state index contributed by atoms with van der Waals surface area (Å²) in [5.74, 6) is 0.310. The minimum absolute atomic E-state index is 0.113. The molecule has 8 nitrogen and oxygen atoms in total. The smallest absolute Gasteiger partial charge is 0.410 e. The molecule has 0 aliphatic carbocycles. The molecule has 1 aliphatic heterocycles. The Morgan fingerprint density at radius 2 is 1.70 bits per heavy atom. The number of carbonyl (C=O) groups excluding carboxylic acids is 1. The van der Waals surface area contributed by atoms with Gasteiger partial charge < -0.3 is 19.5 Å². The zero-order valence-corrected chi connectivity index (χ0v) is 18.9. The molecule has 2 heterocycles. The van der Waals surface area contributed by atoms with Gasteiger partial charge in [0, 0.05) is 24.8 Å². The highest BCUT2D eigenvalue weighted by Gasteiger charge is 2.32. The molecule has 1 aliphatic rings. The highest BCUT2D eigenvalue weighted by atomic mass is 16.6. The zero-order valence-electron chi connectivity index (χ0n) is 18.9. The van der Waals surface area contributed by atoms with Crippen molar-refractivity contribution in [3.8, 4) is 22.8 Å². The van der Waals surface area contributed by atoms with E-state index in [4.69, 9.17) is 9.47 Å². The van der Waals surface area contributed by atoms with Crippen LogP contribution in [0.4, 0.5) is 4.79 Å². The molecule has 3 aromatic rings. The van der Waals surface area contributed by atoms with E-state index in [1.54, 1.807) is 33.8 Å². The predicted octanol–water partition coefficient (Wildman–Crippen LogP) is 5.22. The fourth-order valence-electron chi connectivity index (χ4n) is 3.70. The minimum Gasteiger partial charge on any atom is -0.478 e. The molecule has 8 heteroatoms. The number of likely N-dealkylation sites (tertiary alicyclic amines) is 1. The van der Waals surface area contributed by atoms with E-state index in [2.05, 4.69) is 5.10 Å². The van der Waals surface area contributed by atoms with Crippen molar-refractivity contribution in [3.05, 3.63) is 66.4 Å². The number of amides is 1. The van der Waals surface area contributed by atoms with Crippen LogP contribution in [0.15, 0.2) is 60.8 Å². The van der Waals surface area contributed by atoms with Crippen molar-refractivity contribution in [1.82, 2.24) is 14.7 Å². The van der Waals surface area contributed by atoms with Crippen molar-refractivity contribution in [2.75, 3.05) is 13.1 Å². The fraction of sp³-hybridized carbons (Fsp3) is 0.320.